The van der Waals surface area contributed by atoms with Crippen LogP contribution in [0.15, 0.2) is 60.9 Å². The lowest BCUT2D eigenvalue weighted by Gasteiger charge is -2.15. The van der Waals surface area contributed by atoms with Gasteiger partial charge >= 0.3 is 6.03 Å². The fourth-order valence-corrected chi connectivity index (χ4v) is 3.27. The maximum Gasteiger partial charge on any atom is 0.315 e. The molecule has 1 aliphatic rings. The average molecular weight is 438 g/mol. The molecule has 2 aromatic carbocycles. The lowest BCUT2D eigenvalue weighted by atomic mass is 10.1. The minimum absolute atomic E-state index is 0.0812. The van der Waals surface area contributed by atoms with Crippen LogP contribution in [0, 0.1) is 5.92 Å². The minimum Gasteiger partial charge on any atom is -0.334 e. The van der Waals surface area contributed by atoms with Gasteiger partial charge in [0.1, 0.15) is 0 Å². The molecule has 1 atom stereocenters. The summed E-state index contributed by atoms with van der Waals surface area (Å²) < 4.78 is 1.73. The molecular formula is C23H24ClN5O2. The largest absolute Gasteiger partial charge is 0.334 e. The molecule has 1 aliphatic carbocycles. The highest BCUT2D eigenvalue weighted by Gasteiger charge is 2.29. The Balaban J connectivity index is 1.25. The number of carbonyl (C=O) groups is 2. The Morgan fingerprint density at radius 1 is 1.13 bits per heavy atom. The molecule has 7 nitrogen and oxygen atoms in total. The third-order valence-corrected chi connectivity index (χ3v) is 5.41. The molecule has 0 saturated heterocycles. The fraction of sp³-hybridized carbons (Fsp3) is 0.261. The number of carbonyl (C=O) groups excluding carboxylic acids is 2. The number of benzene rings is 2. The third kappa shape index (κ3) is 5.64. The van der Waals surface area contributed by atoms with E-state index in [0.717, 1.165) is 35.3 Å². The molecule has 1 saturated carbocycles. The van der Waals surface area contributed by atoms with Gasteiger partial charge in [-0.1, -0.05) is 23.7 Å². The van der Waals surface area contributed by atoms with E-state index in [1.54, 1.807) is 23.0 Å². The molecule has 8 heteroatoms. The van der Waals surface area contributed by atoms with Crippen molar-refractivity contribution in [2.75, 3.05) is 5.32 Å². The smallest absolute Gasteiger partial charge is 0.315 e. The number of aromatic nitrogens is 2. The van der Waals surface area contributed by atoms with E-state index in [1.165, 1.54) is 0 Å². The Morgan fingerprint density at radius 3 is 2.52 bits per heavy atom. The fourth-order valence-electron chi connectivity index (χ4n) is 3.14. The van der Waals surface area contributed by atoms with Crippen LogP contribution >= 0.6 is 11.6 Å². The Bertz CT molecular complexity index is 1060. The van der Waals surface area contributed by atoms with Gasteiger partial charge in [0.2, 0.25) is 5.91 Å². The summed E-state index contributed by atoms with van der Waals surface area (Å²) in [7, 11) is 0. The second-order valence-electron chi connectivity index (χ2n) is 7.70. The Morgan fingerprint density at radius 2 is 1.84 bits per heavy atom. The lowest BCUT2D eigenvalue weighted by Crippen LogP contribution is -2.36. The molecule has 1 fully saturated rings. The van der Waals surface area contributed by atoms with E-state index in [4.69, 9.17) is 11.6 Å². The quantitative estimate of drug-likeness (QED) is 0.510. The van der Waals surface area contributed by atoms with Crippen molar-refractivity contribution in [3.05, 3.63) is 77.1 Å². The zero-order chi connectivity index (χ0) is 21.8. The molecule has 4 rings (SSSR count). The summed E-state index contributed by atoms with van der Waals surface area (Å²) in [5, 5.41) is 13.7. The lowest BCUT2D eigenvalue weighted by molar-refractivity contribution is -0.117. The topological polar surface area (TPSA) is 88.1 Å². The van der Waals surface area contributed by atoms with E-state index in [2.05, 4.69) is 21.0 Å². The first kappa shape index (κ1) is 20.9. The van der Waals surface area contributed by atoms with Crippen LogP contribution in [0.25, 0.3) is 5.69 Å². The number of nitrogens with zero attached hydrogens (tertiary/aromatic N) is 2. The molecule has 1 heterocycles. The molecule has 31 heavy (non-hydrogen) atoms. The molecule has 1 aromatic heterocycles. The van der Waals surface area contributed by atoms with E-state index >= 15 is 0 Å². The van der Waals surface area contributed by atoms with Gasteiger partial charge in [0.05, 0.1) is 17.9 Å². The standard InChI is InChI=1S/C23H24ClN5O2/c1-15(17-4-8-20(9-5-17)28-22(30)18-2-3-18)27-23(31)25-12-16-13-26-29(14-16)21-10-6-19(24)7-11-21/h4-11,13-15,18H,2-3,12H2,1H3,(H,28,30)(H2,25,27,31). The van der Waals surface area contributed by atoms with Crippen molar-refractivity contribution in [3.63, 3.8) is 0 Å². The number of amides is 3. The van der Waals surface area contributed by atoms with Crippen LogP contribution in [0.2, 0.25) is 5.02 Å². The first-order valence-corrected chi connectivity index (χ1v) is 10.6. The third-order valence-electron chi connectivity index (χ3n) is 5.15. The van der Waals surface area contributed by atoms with Crippen LogP contribution in [0.1, 0.15) is 36.9 Å². The van der Waals surface area contributed by atoms with Crippen LogP contribution in [0.3, 0.4) is 0 Å². The number of anilines is 1. The molecule has 3 N–H and O–H groups in total. The Kier molecular flexibility index (Phi) is 6.23. The molecule has 160 valence electrons. The molecule has 0 aliphatic heterocycles. The van der Waals surface area contributed by atoms with Gasteiger partial charge in [0.15, 0.2) is 0 Å². The van der Waals surface area contributed by atoms with E-state index in [0.29, 0.717) is 11.6 Å². The minimum atomic E-state index is -0.266. The van der Waals surface area contributed by atoms with E-state index in [1.807, 2.05) is 49.5 Å². The van der Waals surface area contributed by atoms with Gasteiger partial charge in [-0.2, -0.15) is 5.10 Å². The van der Waals surface area contributed by atoms with Crippen LogP contribution < -0.4 is 16.0 Å². The van der Waals surface area contributed by atoms with E-state index in [9.17, 15) is 9.59 Å². The second-order valence-corrected chi connectivity index (χ2v) is 8.14. The highest BCUT2D eigenvalue weighted by atomic mass is 35.5. The first-order valence-electron chi connectivity index (χ1n) is 10.2. The van der Waals surface area contributed by atoms with Crippen LogP contribution in [0.4, 0.5) is 10.5 Å². The van der Waals surface area contributed by atoms with Gasteiger partial charge in [-0.05, 0) is 61.7 Å². The summed E-state index contributed by atoms with van der Waals surface area (Å²) in [6, 6.07) is 14.5. The van der Waals surface area contributed by atoms with Gasteiger partial charge in [0, 0.05) is 34.9 Å². The number of hydrogen-bond donors (Lipinski definition) is 3. The second kappa shape index (κ2) is 9.22. The van der Waals surface area contributed by atoms with Crippen molar-refractivity contribution < 1.29 is 9.59 Å². The monoisotopic (exact) mass is 437 g/mol. The molecule has 0 radical (unpaired) electrons. The number of rotatable bonds is 7. The Hall–Kier alpha value is -3.32. The van der Waals surface area contributed by atoms with Crippen molar-refractivity contribution in [1.29, 1.82) is 0 Å². The first-order chi connectivity index (χ1) is 15.0. The average Bonchev–Trinajstić information content (AvgIpc) is 3.52. The van der Waals surface area contributed by atoms with Crippen molar-refractivity contribution in [2.24, 2.45) is 5.92 Å². The zero-order valence-electron chi connectivity index (χ0n) is 17.1. The van der Waals surface area contributed by atoms with E-state index < -0.39 is 0 Å². The summed E-state index contributed by atoms with van der Waals surface area (Å²) in [5.74, 6) is 0.250. The maximum atomic E-state index is 12.3. The van der Waals surface area contributed by atoms with Gasteiger partial charge in [-0.15, -0.1) is 0 Å². The number of halogens is 1. The molecular weight excluding hydrogens is 414 g/mol. The molecule has 3 amide bonds. The van der Waals surface area contributed by atoms with Crippen LogP contribution in [0.5, 0.6) is 0 Å². The van der Waals surface area contributed by atoms with E-state index in [-0.39, 0.29) is 23.9 Å². The molecule has 0 spiro atoms. The van der Waals surface area contributed by atoms with Crippen molar-refractivity contribution in [2.45, 2.75) is 32.4 Å². The summed E-state index contributed by atoms with van der Waals surface area (Å²) in [5.41, 5.74) is 3.50. The summed E-state index contributed by atoms with van der Waals surface area (Å²) in [4.78, 5) is 24.1. The number of nitrogens with one attached hydrogen (secondary N) is 3. The molecule has 1 unspecified atom stereocenters. The highest BCUT2D eigenvalue weighted by molar-refractivity contribution is 6.30. The van der Waals surface area contributed by atoms with Gasteiger partial charge < -0.3 is 16.0 Å². The van der Waals surface area contributed by atoms with Gasteiger partial charge in [-0.25, -0.2) is 9.48 Å². The highest BCUT2D eigenvalue weighted by Crippen LogP contribution is 2.30. The molecule has 3 aromatic rings. The summed E-state index contributed by atoms with van der Waals surface area (Å²) >= 11 is 5.91. The Labute approximate surface area is 185 Å². The van der Waals surface area contributed by atoms with Gasteiger partial charge in [-0.3, -0.25) is 4.79 Å². The predicted molar refractivity (Wildman–Crippen MR) is 120 cm³/mol. The van der Waals surface area contributed by atoms with Gasteiger partial charge in [0.25, 0.3) is 0 Å². The van der Waals surface area contributed by atoms with Crippen molar-refractivity contribution in [3.8, 4) is 5.69 Å². The summed E-state index contributed by atoms with van der Waals surface area (Å²) in [6.07, 6.45) is 5.53. The number of urea groups is 1. The maximum absolute atomic E-state index is 12.3. The normalized spacial score (nSPS) is 14.0. The summed E-state index contributed by atoms with van der Waals surface area (Å²) in [6.45, 7) is 2.27. The zero-order valence-corrected chi connectivity index (χ0v) is 17.9. The number of hydrogen-bond acceptors (Lipinski definition) is 3. The predicted octanol–water partition coefficient (Wildman–Crippen LogP) is 4.43. The van der Waals surface area contributed by atoms with Crippen LogP contribution in [-0.2, 0) is 11.3 Å². The van der Waals surface area contributed by atoms with Crippen molar-refractivity contribution >= 4 is 29.2 Å². The SMILES string of the molecule is CC(NC(=O)NCc1cnn(-c2ccc(Cl)cc2)c1)c1ccc(NC(=O)C2CC2)cc1. The molecule has 0 bridgehead atoms. The van der Waals surface area contributed by atoms with Crippen LogP contribution in [-0.4, -0.2) is 21.7 Å². The van der Waals surface area contributed by atoms with Crippen molar-refractivity contribution in [1.82, 2.24) is 20.4 Å².